The molecule has 1 rings (SSSR count). The van der Waals surface area contributed by atoms with Gasteiger partial charge in [-0.15, -0.1) is 0 Å². The Morgan fingerprint density at radius 3 is 2.73 bits per heavy atom. The first-order valence-electron chi connectivity index (χ1n) is 3.60. The summed E-state index contributed by atoms with van der Waals surface area (Å²) in [6.07, 6.45) is 4.27. The Morgan fingerprint density at radius 1 is 1.73 bits per heavy atom. The molecule has 1 N–H and O–H groups in total. The van der Waals surface area contributed by atoms with Crippen molar-refractivity contribution in [3.05, 3.63) is 11.6 Å². The molecule has 0 saturated heterocycles. The summed E-state index contributed by atoms with van der Waals surface area (Å²) in [4.78, 5) is 3.99. The number of dihydropyridines is 1. The van der Waals surface area contributed by atoms with Crippen LogP contribution in [0.3, 0.4) is 0 Å². The molecule has 1 atom stereocenters. The summed E-state index contributed by atoms with van der Waals surface area (Å²) in [6, 6.07) is 0. The molecule has 0 unspecified atom stereocenters. The fraction of sp³-hybridized carbons (Fsp3) is 0.625. The first-order chi connectivity index (χ1) is 5.00. The van der Waals surface area contributed by atoms with Gasteiger partial charge in [-0.3, -0.25) is 4.99 Å². The predicted octanol–water partition coefficient (Wildman–Crippen LogP) is 1.72. The van der Waals surface area contributed by atoms with Crippen molar-refractivity contribution < 1.29 is 5.11 Å². The SMILES string of the molecule is CC(C)(O)C1=CC[C@@H](Cl)N=C1. The second-order valence-corrected chi connectivity index (χ2v) is 3.67. The Morgan fingerprint density at radius 2 is 2.36 bits per heavy atom. The van der Waals surface area contributed by atoms with Crippen LogP contribution in [0.15, 0.2) is 16.6 Å². The van der Waals surface area contributed by atoms with E-state index in [-0.39, 0.29) is 5.50 Å². The molecule has 0 aliphatic carbocycles. The van der Waals surface area contributed by atoms with Gasteiger partial charge in [-0.25, -0.2) is 0 Å². The van der Waals surface area contributed by atoms with Gasteiger partial charge in [0.05, 0.1) is 5.60 Å². The van der Waals surface area contributed by atoms with Crippen LogP contribution in [0.1, 0.15) is 20.3 Å². The molecule has 0 spiro atoms. The van der Waals surface area contributed by atoms with Gasteiger partial charge in [0.25, 0.3) is 0 Å². The third-order valence-corrected chi connectivity index (χ3v) is 1.90. The summed E-state index contributed by atoms with van der Waals surface area (Å²) >= 11 is 5.71. The Bertz CT molecular complexity index is 203. The van der Waals surface area contributed by atoms with E-state index in [0.717, 1.165) is 5.57 Å². The molecule has 0 fully saturated rings. The van der Waals surface area contributed by atoms with Gasteiger partial charge in [0.1, 0.15) is 5.50 Å². The van der Waals surface area contributed by atoms with Gasteiger partial charge in [0.2, 0.25) is 0 Å². The summed E-state index contributed by atoms with van der Waals surface area (Å²) in [6.45, 7) is 3.47. The number of rotatable bonds is 1. The molecule has 0 amide bonds. The van der Waals surface area contributed by atoms with Crippen LogP contribution in [0.4, 0.5) is 0 Å². The monoisotopic (exact) mass is 173 g/mol. The molecule has 1 aliphatic heterocycles. The first-order valence-corrected chi connectivity index (χ1v) is 4.04. The molecule has 0 aromatic carbocycles. The van der Waals surface area contributed by atoms with Crippen molar-refractivity contribution >= 4 is 17.8 Å². The van der Waals surface area contributed by atoms with Crippen LogP contribution < -0.4 is 0 Å². The van der Waals surface area contributed by atoms with E-state index in [0.29, 0.717) is 6.42 Å². The molecule has 0 saturated carbocycles. The third kappa shape index (κ3) is 2.31. The first kappa shape index (κ1) is 8.75. The van der Waals surface area contributed by atoms with E-state index < -0.39 is 5.60 Å². The molecule has 1 aliphatic rings. The van der Waals surface area contributed by atoms with Crippen molar-refractivity contribution in [2.24, 2.45) is 4.99 Å². The molecule has 2 nitrogen and oxygen atoms in total. The van der Waals surface area contributed by atoms with Gasteiger partial charge < -0.3 is 5.11 Å². The van der Waals surface area contributed by atoms with Crippen molar-refractivity contribution in [3.63, 3.8) is 0 Å². The third-order valence-electron chi connectivity index (χ3n) is 1.61. The number of hydrogen-bond donors (Lipinski definition) is 1. The van der Waals surface area contributed by atoms with E-state index in [1.807, 2.05) is 6.08 Å². The lowest BCUT2D eigenvalue weighted by Gasteiger charge is -2.21. The van der Waals surface area contributed by atoms with E-state index >= 15 is 0 Å². The largest absolute Gasteiger partial charge is 0.386 e. The Labute approximate surface area is 71.6 Å². The summed E-state index contributed by atoms with van der Waals surface area (Å²) < 4.78 is 0. The lowest BCUT2D eigenvalue weighted by molar-refractivity contribution is 0.126. The highest BCUT2D eigenvalue weighted by atomic mass is 35.5. The molecule has 0 aromatic heterocycles. The minimum Gasteiger partial charge on any atom is -0.386 e. The quantitative estimate of drug-likeness (QED) is 0.476. The van der Waals surface area contributed by atoms with Gasteiger partial charge in [-0.1, -0.05) is 17.7 Å². The fourth-order valence-electron chi connectivity index (χ4n) is 0.907. The molecule has 0 aromatic rings. The van der Waals surface area contributed by atoms with Crippen molar-refractivity contribution in [1.82, 2.24) is 0 Å². The molecule has 62 valence electrons. The minimum absolute atomic E-state index is 0.152. The zero-order chi connectivity index (χ0) is 8.48. The van der Waals surface area contributed by atoms with Crippen LogP contribution in [0.25, 0.3) is 0 Å². The molecule has 11 heavy (non-hydrogen) atoms. The standard InChI is InChI=1S/C8H12ClNO/c1-8(2,11)6-3-4-7(9)10-5-6/h3,5,7,11H,4H2,1-2H3/t7-/m0/s1. The van der Waals surface area contributed by atoms with Crippen LogP contribution >= 0.6 is 11.6 Å². The highest BCUT2D eigenvalue weighted by molar-refractivity contribution is 6.21. The topological polar surface area (TPSA) is 32.6 Å². The van der Waals surface area contributed by atoms with Crippen LogP contribution in [-0.4, -0.2) is 22.4 Å². The van der Waals surface area contributed by atoms with E-state index in [4.69, 9.17) is 11.6 Å². The summed E-state index contributed by atoms with van der Waals surface area (Å²) in [7, 11) is 0. The number of aliphatic hydroxyl groups is 1. The second-order valence-electron chi connectivity index (χ2n) is 3.17. The number of halogens is 1. The summed E-state index contributed by atoms with van der Waals surface area (Å²) in [5.74, 6) is 0. The van der Waals surface area contributed by atoms with E-state index in [9.17, 15) is 5.11 Å². The molecule has 1 heterocycles. The van der Waals surface area contributed by atoms with Crippen molar-refractivity contribution in [3.8, 4) is 0 Å². The number of aliphatic imine (C=N–C) groups is 1. The van der Waals surface area contributed by atoms with Crippen molar-refractivity contribution in [1.29, 1.82) is 0 Å². The molecule has 3 heteroatoms. The smallest absolute Gasteiger partial charge is 0.127 e. The number of hydrogen-bond acceptors (Lipinski definition) is 2. The van der Waals surface area contributed by atoms with Crippen molar-refractivity contribution in [2.75, 3.05) is 0 Å². The average Bonchev–Trinajstić information content (AvgIpc) is 1.86. The predicted molar refractivity (Wildman–Crippen MR) is 47.1 cm³/mol. The lowest BCUT2D eigenvalue weighted by atomic mass is 9.97. The van der Waals surface area contributed by atoms with Crippen LogP contribution in [0.5, 0.6) is 0 Å². The van der Waals surface area contributed by atoms with Crippen LogP contribution in [-0.2, 0) is 0 Å². The van der Waals surface area contributed by atoms with Gasteiger partial charge in [0.15, 0.2) is 0 Å². The lowest BCUT2D eigenvalue weighted by Crippen LogP contribution is -2.24. The Hall–Kier alpha value is -0.340. The zero-order valence-electron chi connectivity index (χ0n) is 6.71. The van der Waals surface area contributed by atoms with E-state index in [2.05, 4.69) is 4.99 Å². The summed E-state index contributed by atoms with van der Waals surface area (Å²) in [5.41, 5.74) is -0.101. The minimum atomic E-state index is -0.791. The molecule has 0 bridgehead atoms. The van der Waals surface area contributed by atoms with Gasteiger partial charge >= 0.3 is 0 Å². The summed E-state index contributed by atoms with van der Waals surface area (Å²) in [5, 5.41) is 9.53. The van der Waals surface area contributed by atoms with E-state index in [1.165, 1.54) is 0 Å². The highest BCUT2D eigenvalue weighted by Crippen LogP contribution is 2.20. The average molecular weight is 174 g/mol. The number of nitrogens with zero attached hydrogens (tertiary/aromatic N) is 1. The van der Waals surface area contributed by atoms with Crippen LogP contribution in [0, 0.1) is 0 Å². The van der Waals surface area contributed by atoms with E-state index in [1.54, 1.807) is 20.1 Å². The maximum Gasteiger partial charge on any atom is 0.127 e. The fourth-order valence-corrected chi connectivity index (χ4v) is 1.05. The second kappa shape index (κ2) is 2.95. The Balaban J connectivity index is 2.71. The van der Waals surface area contributed by atoms with Crippen molar-refractivity contribution in [2.45, 2.75) is 31.4 Å². The number of alkyl halides is 1. The Kier molecular flexibility index (Phi) is 2.35. The molecule has 0 radical (unpaired) electrons. The van der Waals surface area contributed by atoms with Crippen LogP contribution in [0.2, 0.25) is 0 Å². The normalized spacial score (nSPS) is 25.1. The van der Waals surface area contributed by atoms with Gasteiger partial charge in [0, 0.05) is 12.6 Å². The molecular weight excluding hydrogens is 162 g/mol. The van der Waals surface area contributed by atoms with Gasteiger partial charge in [-0.05, 0) is 19.4 Å². The zero-order valence-corrected chi connectivity index (χ0v) is 7.47. The maximum absolute atomic E-state index is 9.53. The maximum atomic E-state index is 9.53. The van der Waals surface area contributed by atoms with Gasteiger partial charge in [-0.2, -0.15) is 0 Å². The molecular formula is C8H12ClNO. The highest BCUT2D eigenvalue weighted by Gasteiger charge is 2.19.